The quantitative estimate of drug-likeness (QED) is 0.242. The topological polar surface area (TPSA) is 86.6 Å². The maximum Gasteiger partial charge on any atom is 0.340 e. The molecule has 1 aliphatic carbocycles. The molecule has 1 unspecified atom stereocenters. The van der Waals surface area contributed by atoms with Crippen molar-refractivity contribution in [2.24, 2.45) is 0 Å². The molecule has 1 atom stereocenters. The summed E-state index contributed by atoms with van der Waals surface area (Å²) in [5.74, 6) is -0.464. The van der Waals surface area contributed by atoms with E-state index >= 15 is 0 Å². The Labute approximate surface area is 211 Å². The first-order valence-corrected chi connectivity index (χ1v) is 14.4. The fraction of sp³-hybridized carbons (Fsp3) is 0.300. The van der Waals surface area contributed by atoms with E-state index < -0.39 is 19.0 Å². The van der Waals surface area contributed by atoms with E-state index in [1.807, 2.05) is 54.6 Å². The SMILES string of the molecule is O=C(Cc1cc2ccccc2cc1CNC1CCCCC1)C(c1cccc2ccccc12)P(=O)(O)O. The van der Waals surface area contributed by atoms with Crippen molar-refractivity contribution >= 4 is 34.9 Å². The monoisotopic (exact) mass is 501 g/mol. The van der Waals surface area contributed by atoms with Gasteiger partial charge in [-0.2, -0.15) is 0 Å². The van der Waals surface area contributed by atoms with E-state index in [2.05, 4.69) is 17.4 Å². The third kappa shape index (κ3) is 5.45. The van der Waals surface area contributed by atoms with Crippen molar-refractivity contribution in [3.8, 4) is 0 Å². The van der Waals surface area contributed by atoms with E-state index in [1.165, 1.54) is 19.3 Å². The smallest absolute Gasteiger partial charge is 0.324 e. The molecular formula is C30H32NO4P. The van der Waals surface area contributed by atoms with Gasteiger partial charge in [-0.3, -0.25) is 9.36 Å². The molecule has 3 N–H and O–H groups in total. The molecule has 4 aromatic rings. The molecular weight excluding hydrogens is 469 g/mol. The fourth-order valence-corrected chi connectivity index (χ4v) is 6.59. The molecule has 0 amide bonds. The molecule has 36 heavy (non-hydrogen) atoms. The fourth-order valence-electron chi connectivity index (χ4n) is 5.54. The minimum atomic E-state index is -4.76. The molecule has 5 rings (SSSR count). The van der Waals surface area contributed by atoms with Crippen molar-refractivity contribution in [1.29, 1.82) is 0 Å². The molecule has 0 bridgehead atoms. The highest BCUT2D eigenvalue weighted by Crippen LogP contribution is 2.54. The highest BCUT2D eigenvalue weighted by molar-refractivity contribution is 7.53. The van der Waals surface area contributed by atoms with Crippen molar-refractivity contribution in [2.75, 3.05) is 0 Å². The second kappa shape index (κ2) is 10.7. The van der Waals surface area contributed by atoms with Gasteiger partial charge in [0, 0.05) is 19.0 Å². The van der Waals surface area contributed by atoms with E-state index in [1.54, 1.807) is 12.1 Å². The zero-order valence-electron chi connectivity index (χ0n) is 20.3. The minimum absolute atomic E-state index is 0.0362. The lowest BCUT2D eigenvalue weighted by molar-refractivity contribution is -0.118. The lowest BCUT2D eigenvalue weighted by Gasteiger charge is -2.24. The first-order valence-electron chi connectivity index (χ1n) is 12.7. The number of nitrogens with one attached hydrogen (secondary N) is 1. The molecule has 6 heteroatoms. The van der Waals surface area contributed by atoms with Gasteiger partial charge in [-0.25, -0.2) is 0 Å². The van der Waals surface area contributed by atoms with Gasteiger partial charge in [0.1, 0.15) is 5.66 Å². The van der Waals surface area contributed by atoms with Crippen molar-refractivity contribution in [3.05, 3.63) is 95.6 Å². The Morgan fingerprint density at radius 2 is 1.44 bits per heavy atom. The second-order valence-electron chi connectivity index (χ2n) is 9.89. The van der Waals surface area contributed by atoms with Crippen LogP contribution in [0.2, 0.25) is 0 Å². The Morgan fingerprint density at radius 1 is 0.833 bits per heavy atom. The predicted octanol–water partition coefficient (Wildman–Crippen LogP) is 6.45. The zero-order chi connectivity index (χ0) is 25.1. The van der Waals surface area contributed by atoms with Crippen LogP contribution in [0.4, 0.5) is 0 Å². The Balaban J connectivity index is 1.50. The average molecular weight is 502 g/mol. The summed E-state index contributed by atoms with van der Waals surface area (Å²) in [5, 5.41) is 7.32. The number of rotatable bonds is 8. The lowest BCUT2D eigenvalue weighted by Crippen LogP contribution is -2.31. The summed E-state index contributed by atoms with van der Waals surface area (Å²) in [6.07, 6.45) is 6.02. The molecule has 1 saturated carbocycles. The molecule has 0 saturated heterocycles. The summed E-state index contributed by atoms with van der Waals surface area (Å²) >= 11 is 0. The summed E-state index contributed by atoms with van der Waals surface area (Å²) in [6.45, 7) is 0.632. The van der Waals surface area contributed by atoms with Crippen LogP contribution < -0.4 is 5.32 Å². The van der Waals surface area contributed by atoms with Crippen LogP contribution in [0.25, 0.3) is 21.5 Å². The molecule has 186 valence electrons. The summed E-state index contributed by atoms with van der Waals surface area (Å²) in [4.78, 5) is 34.3. The molecule has 0 aliphatic heterocycles. The van der Waals surface area contributed by atoms with Crippen molar-refractivity contribution < 1.29 is 19.1 Å². The minimum Gasteiger partial charge on any atom is -0.324 e. The van der Waals surface area contributed by atoms with E-state index in [4.69, 9.17) is 0 Å². The summed E-state index contributed by atoms with van der Waals surface area (Å²) in [6, 6.07) is 25.3. The zero-order valence-corrected chi connectivity index (χ0v) is 21.2. The van der Waals surface area contributed by atoms with Crippen LogP contribution in [0.5, 0.6) is 0 Å². The van der Waals surface area contributed by atoms with Crippen molar-refractivity contribution in [1.82, 2.24) is 5.32 Å². The maximum absolute atomic E-state index is 13.7. The first-order chi connectivity index (χ1) is 17.4. The number of carbonyl (C=O) groups excluding carboxylic acids is 1. The normalized spacial score (nSPS) is 15.8. The van der Waals surface area contributed by atoms with Crippen molar-refractivity contribution in [2.45, 2.75) is 56.8 Å². The van der Waals surface area contributed by atoms with E-state index in [0.29, 0.717) is 23.5 Å². The third-order valence-electron chi connectivity index (χ3n) is 7.38. The highest BCUT2D eigenvalue weighted by Gasteiger charge is 2.38. The molecule has 0 heterocycles. The standard InChI is InChI=1S/C30H32NO4P/c32-29(30(36(33,34)35)28-16-8-12-21-9-6-7-15-27(21)28)19-24-17-22-10-4-5-11-23(22)18-25(24)20-31-26-13-2-1-3-14-26/h4-12,15-18,26,30-31H,1-3,13-14,19-20H2,(H2,33,34,35). The molecule has 5 nitrogen and oxygen atoms in total. The van der Waals surface area contributed by atoms with Gasteiger partial charge >= 0.3 is 7.60 Å². The Kier molecular flexibility index (Phi) is 7.36. The lowest BCUT2D eigenvalue weighted by atomic mass is 9.92. The highest BCUT2D eigenvalue weighted by atomic mass is 31.2. The molecule has 4 aromatic carbocycles. The van der Waals surface area contributed by atoms with Gasteiger partial charge in [0.05, 0.1) is 0 Å². The van der Waals surface area contributed by atoms with Crippen LogP contribution in [0.1, 0.15) is 54.5 Å². The summed E-state index contributed by atoms with van der Waals surface area (Å²) < 4.78 is 12.7. The Hall–Kier alpha value is -2.82. The van der Waals surface area contributed by atoms with Gasteiger partial charge < -0.3 is 15.1 Å². The van der Waals surface area contributed by atoms with Crippen LogP contribution >= 0.6 is 7.60 Å². The number of hydrogen-bond acceptors (Lipinski definition) is 3. The van der Waals surface area contributed by atoms with Gasteiger partial charge in [0.2, 0.25) is 0 Å². The number of hydrogen-bond donors (Lipinski definition) is 3. The van der Waals surface area contributed by atoms with Crippen molar-refractivity contribution in [3.63, 3.8) is 0 Å². The average Bonchev–Trinajstić information content (AvgIpc) is 2.87. The maximum atomic E-state index is 13.7. The van der Waals surface area contributed by atoms with Crippen LogP contribution in [0.15, 0.2) is 78.9 Å². The number of Topliss-reactive ketones (excluding diaryl/α,β-unsaturated/α-hetero) is 1. The number of benzene rings is 4. The number of fused-ring (bicyclic) bond motifs is 2. The molecule has 0 aromatic heterocycles. The van der Waals surface area contributed by atoms with E-state index in [0.717, 1.165) is 40.1 Å². The first kappa shape index (κ1) is 24.9. The number of ketones is 1. The third-order valence-corrected chi connectivity index (χ3v) is 8.62. The molecule has 0 radical (unpaired) electrons. The predicted molar refractivity (Wildman–Crippen MR) is 145 cm³/mol. The van der Waals surface area contributed by atoms with Gasteiger partial charge in [0.25, 0.3) is 0 Å². The Morgan fingerprint density at radius 3 is 2.14 bits per heavy atom. The Bertz CT molecular complexity index is 1430. The van der Waals surface area contributed by atoms with Gasteiger partial charge in [-0.15, -0.1) is 0 Å². The summed E-state index contributed by atoms with van der Waals surface area (Å²) in [7, 11) is -4.76. The van der Waals surface area contributed by atoms with Gasteiger partial charge in [-0.1, -0.05) is 92.1 Å². The summed E-state index contributed by atoms with van der Waals surface area (Å²) in [5.41, 5.74) is 0.707. The van der Waals surface area contributed by atoms with Crippen LogP contribution in [-0.4, -0.2) is 21.6 Å². The van der Waals surface area contributed by atoms with Crippen LogP contribution in [0.3, 0.4) is 0 Å². The van der Waals surface area contributed by atoms with E-state index in [-0.39, 0.29) is 6.42 Å². The van der Waals surface area contributed by atoms with Gasteiger partial charge in [-0.05, 0) is 57.1 Å². The van der Waals surface area contributed by atoms with Crippen LogP contribution in [-0.2, 0) is 22.3 Å². The molecule has 0 spiro atoms. The largest absolute Gasteiger partial charge is 0.340 e. The van der Waals surface area contributed by atoms with Gasteiger partial charge in [0.15, 0.2) is 5.78 Å². The van der Waals surface area contributed by atoms with E-state index in [9.17, 15) is 19.1 Å². The second-order valence-corrected chi connectivity index (χ2v) is 11.6. The van der Waals surface area contributed by atoms with Crippen LogP contribution in [0, 0.1) is 0 Å². The molecule has 1 aliphatic rings. The number of carbonyl (C=O) groups is 1. The molecule has 1 fully saturated rings.